The van der Waals surface area contributed by atoms with Gasteiger partial charge in [0.1, 0.15) is 0 Å². The predicted molar refractivity (Wildman–Crippen MR) is 91.5 cm³/mol. The Hall–Kier alpha value is -2.62. The summed E-state index contributed by atoms with van der Waals surface area (Å²) in [6.45, 7) is 4.02. The molecule has 0 unspecified atom stereocenters. The maximum absolute atomic E-state index is 12.9. The maximum Gasteiger partial charge on any atom is 0.416 e. The van der Waals surface area contributed by atoms with Gasteiger partial charge in [-0.2, -0.15) is 13.2 Å². The molecule has 2 heterocycles. The van der Waals surface area contributed by atoms with Crippen LogP contribution in [0.1, 0.15) is 16.1 Å². The zero-order chi connectivity index (χ0) is 19.4. The van der Waals surface area contributed by atoms with Crippen molar-refractivity contribution in [2.45, 2.75) is 12.7 Å². The molecule has 1 aliphatic rings. The molecule has 0 saturated carbocycles. The minimum atomic E-state index is -4.33. The Kier molecular flexibility index (Phi) is 5.64. The van der Waals surface area contributed by atoms with Crippen molar-refractivity contribution in [1.82, 2.24) is 19.9 Å². The number of alkyl halides is 3. The van der Waals surface area contributed by atoms with Crippen LogP contribution >= 0.6 is 0 Å². The van der Waals surface area contributed by atoms with Crippen molar-refractivity contribution >= 4 is 11.7 Å². The van der Waals surface area contributed by atoms with Gasteiger partial charge in [-0.25, -0.2) is 4.79 Å². The Labute approximate surface area is 154 Å². The number of nitrogens with zero attached hydrogens (tertiary/aromatic N) is 5. The van der Waals surface area contributed by atoms with Gasteiger partial charge in [-0.15, -0.1) is 5.10 Å². The van der Waals surface area contributed by atoms with Crippen molar-refractivity contribution in [1.29, 1.82) is 0 Å². The first-order valence-electron chi connectivity index (χ1n) is 8.50. The standard InChI is InChI=1S/C17H20F3N5O2/c1-27-16(26)15-12-25(22-21-15)10-7-23-5-8-24(9-6-23)14-4-2-3-13(11-14)17(18,19)20/h2-4,11-12H,5-10H2,1H3. The van der Waals surface area contributed by atoms with Crippen molar-refractivity contribution in [2.75, 3.05) is 44.7 Å². The fourth-order valence-electron chi connectivity index (χ4n) is 2.96. The molecule has 2 aromatic rings. The number of anilines is 1. The average molecular weight is 383 g/mol. The van der Waals surface area contributed by atoms with E-state index in [9.17, 15) is 18.0 Å². The second-order valence-corrected chi connectivity index (χ2v) is 6.24. The van der Waals surface area contributed by atoms with E-state index in [0.29, 0.717) is 31.9 Å². The monoisotopic (exact) mass is 383 g/mol. The van der Waals surface area contributed by atoms with Gasteiger partial charge in [-0.3, -0.25) is 9.58 Å². The highest BCUT2D eigenvalue weighted by molar-refractivity contribution is 5.86. The topological polar surface area (TPSA) is 63.5 Å². The summed E-state index contributed by atoms with van der Waals surface area (Å²) >= 11 is 0. The van der Waals surface area contributed by atoms with Crippen LogP contribution in [0.25, 0.3) is 0 Å². The molecule has 0 bridgehead atoms. The Balaban J connectivity index is 1.51. The van der Waals surface area contributed by atoms with Crippen molar-refractivity contribution < 1.29 is 22.7 Å². The van der Waals surface area contributed by atoms with Crippen LogP contribution in [0, 0.1) is 0 Å². The molecule has 146 valence electrons. The van der Waals surface area contributed by atoms with E-state index in [1.54, 1.807) is 10.7 Å². The lowest BCUT2D eigenvalue weighted by Crippen LogP contribution is -2.47. The molecule has 1 aromatic carbocycles. The number of methoxy groups -OCH3 is 1. The third-order valence-corrected chi connectivity index (χ3v) is 4.49. The third kappa shape index (κ3) is 4.76. The minimum Gasteiger partial charge on any atom is -0.464 e. The van der Waals surface area contributed by atoms with Gasteiger partial charge in [0.15, 0.2) is 5.69 Å². The summed E-state index contributed by atoms with van der Waals surface area (Å²) in [5.74, 6) is -0.532. The molecular weight excluding hydrogens is 363 g/mol. The van der Waals surface area contributed by atoms with Crippen LogP contribution in [0.15, 0.2) is 30.5 Å². The number of piperazine rings is 1. The van der Waals surface area contributed by atoms with Crippen LogP contribution < -0.4 is 4.90 Å². The number of carbonyl (C=O) groups excluding carboxylic acids is 1. The Morgan fingerprint density at radius 2 is 1.93 bits per heavy atom. The largest absolute Gasteiger partial charge is 0.464 e. The van der Waals surface area contributed by atoms with Crippen LogP contribution in [0.5, 0.6) is 0 Å². The molecule has 10 heteroatoms. The number of halogens is 3. The number of ether oxygens (including phenoxy) is 1. The number of benzene rings is 1. The number of esters is 1. The van der Waals surface area contributed by atoms with E-state index in [1.807, 2.05) is 4.90 Å². The van der Waals surface area contributed by atoms with Gasteiger partial charge < -0.3 is 9.64 Å². The van der Waals surface area contributed by atoms with E-state index < -0.39 is 17.7 Å². The molecule has 1 fully saturated rings. The van der Waals surface area contributed by atoms with Crippen molar-refractivity contribution in [3.05, 3.63) is 41.7 Å². The fourth-order valence-corrected chi connectivity index (χ4v) is 2.96. The summed E-state index contributed by atoms with van der Waals surface area (Å²) in [4.78, 5) is 15.5. The highest BCUT2D eigenvalue weighted by Gasteiger charge is 2.31. The van der Waals surface area contributed by atoms with Crippen LogP contribution in [-0.4, -0.2) is 65.7 Å². The number of hydrogen-bond acceptors (Lipinski definition) is 6. The highest BCUT2D eigenvalue weighted by Crippen LogP contribution is 2.31. The van der Waals surface area contributed by atoms with Crippen molar-refractivity contribution in [3.63, 3.8) is 0 Å². The lowest BCUT2D eigenvalue weighted by molar-refractivity contribution is -0.137. The molecule has 0 amide bonds. The third-order valence-electron chi connectivity index (χ3n) is 4.49. The molecule has 3 rings (SSSR count). The van der Waals surface area contributed by atoms with Crippen LogP contribution in [-0.2, 0) is 17.5 Å². The van der Waals surface area contributed by atoms with Crippen LogP contribution in [0.2, 0.25) is 0 Å². The fraction of sp³-hybridized carbons (Fsp3) is 0.471. The molecule has 0 N–H and O–H groups in total. The van der Waals surface area contributed by atoms with Gasteiger partial charge in [0, 0.05) is 38.4 Å². The van der Waals surface area contributed by atoms with E-state index in [0.717, 1.165) is 19.2 Å². The Morgan fingerprint density at radius 3 is 2.59 bits per heavy atom. The van der Waals surface area contributed by atoms with E-state index in [2.05, 4.69) is 19.9 Å². The first-order chi connectivity index (χ1) is 12.9. The van der Waals surface area contributed by atoms with Crippen molar-refractivity contribution in [3.8, 4) is 0 Å². The lowest BCUT2D eigenvalue weighted by Gasteiger charge is -2.36. The molecular formula is C17H20F3N5O2. The molecule has 0 spiro atoms. The lowest BCUT2D eigenvalue weighted by atomic mass is 10.1. The van der Waals surface area contributed by atoms with Crippen molar-refractivity contribution in [2.24, 2.45) is 0 Å². The Morgan fingerprint density at radius 1 is 1.19 bits per heavy atom. The quantitative estimate of drug-likeness (QED) is 0.735. The second-order valence-electron chi connectivity index (χ2n) is 6.24. The van der Waals surface area contributed by atoms with E-state index in [4.69, 9.17) is 0 Å². The number of aromatic nitrogens is 3. The molecule has 1 aliphatic heterocycles. The molecule has 7 nitrogen and oxygen atoms in total. The summed E-state index contributed by atoms with van der Waals surface area (Å²) in [5, 5.41) is 7.64. The average Bonchev–Trinajstić information content (AvgIpc) is 3.15. The van der Waals surface area contributed by atoms with Crippen LogP contribution in [0.4, 0.5) is 18.9 Å². The Bertz CT molecular complexity index is 785. The number of rotatable bonds is 5. The van der Waals surface area contributed by atoms with Gasteiger partial charge in [-0.05, 0) is 18.2 Å². The summed E-state index contributed by atoms with van der Waals surface area (Å²) < 4.78 is 44.8. The SMILES string of the molecule is COC(=O)c1cn(CCN2CCN(c3cccc(C(F)(F)F)c3)CC2)nn1. The summed E-state index contributed by atoms with van der Waals surface area (Å²) in [6, 6.07) is 5.42. The molecule has 0 aliphatic carbocycles. The van der Waals surface area contributed by atoms with Gasteiger partial charge in [-0.1, -0.05) is 11.3 Å². The molecule has 0 radical (unpaired) electrons. The number of carbonyl (C=O) groups is 1. The second kappa shape index (κ2) is 7.95. The molecule has 0 atom stereocenters. The zero-order valence-corrected chi connectivity index (χ0v) is 14.8. The highest BCUT2D eigenvalue weighted by atomic mass is 19.4. The minimum absolute atomic E-state index is 0.159. The summed E-state index contributed by atoms with van der Waals surface area (Å²) in [5.41, 5.74) is 0.116. The van der Waals surface area contributed by atoms with E-state index in [1.165, 1.54) is 25.4 Å². The van der Waals surface area contributed by atoms with Gasteiger partial charge in [0.25, 0.3) is 0 Å². The molecule has 1 saturated heterocycles. The normalized spacial score (nSPS) is 15.8. The van der Waals surface area contributed by atoms with Crippen LogP contribution in [0.3, 0.4) is 0 Å². The van der Waals surface area contributed by atoms with E-state index in [-0.39, 0.29) is 5.69 Å². The first-order valence-corrected chi connectivity index (χ1v) is 8.50. The smallest absolute Gasteiger partial charge is 0.416 e. The zero-order valence-electron chi connectivity index (χ0n) is 14.8. The first kappa shape index (κ1) is 19.2. The molecule has 27 heavy (non-hydrogen) atoms. The summed E-state index contributed by atoms with van der Waals surface area (Å²) in [7, 11) is 1.28. The number of hydrogen-bond donors (Lipinski definition) is 0. The van der Waals surface area contributed by atoms with E-state index >= 15 is 0 Å². The summed E-state index contributed by atoms with van der Waals surface area (Å²) in [6.07, 6.45) is -2.80. The van der Waals surface area contributed by atoms with Gasteiger partial charge in [0.2, 0.25) is 0 Å². The van der Waals surface area contributed by atoms with Gasteiger partial charge in [0.05, 0.1) is 25.4 Å². The molecule has 1 aromatic heterocycles. The maximum atomic E-state index is 12.9. The predicted octanol–water partition coefficient (Wildman–Crippen LogP) is 1.91. The van der Waals surface area contributed by atoms with Gasteiger partial charge >= 0.3 is 12.1 Å².